The molecule has 1 aliphatic rings. The van der Waals surface area contributed by atoms with E-state index in [-0.39, 0.29) is 5.54 Å². The number of nitrogens with two attached hydrogens (primary N) is 1. The molecule has 1 atom stereocenters. The van der Waals surface area contributed by atoms with Crippen LogP contribution >= 0.6 is 11.6 Å². The Balaban J connectivity index is 2.03. The topological polar surface area (TPSA) is 29.3 Å². The normalized spacial score (nSPS) is 18.9. The van der Waals surface area contributed by atoms with E-state index in [4.69, 9.17) is 17.3 Å². The Hall–Kier alpha value is -0.570. The summed E-state index contributed by atoms with van der Waals surface area (Å²) in [5.41, 5.74) is 7.35. The Morgan fingerprint density at radius 1 is 1.33 bits per heavy atom. The Morgan fingerprint density at radius 2 is 1.94 bits per heavy atom. The summed E-state index contributed by atoms with van der Waals surface area (Å²) < 4.78 is 0. The molecule has 0 heterocycles. The molecule has 2 rings (SSSR count). The highest BCUT2D eigenvalue weighted by molar-refractivity contribution is 6.30. The van der Waals surface area contributed by atoms with Crippen LogP contribution in [-0.4, -0.2) is 30.6 Å². The molecule has 18 heavy (non-hydrogen) atoms. The summed E-state index contributed by atoms with van der Waals surface area (Å²) in [6, 6.07) is 8.10. The Kier molecular flexibility index (Phi) is 4.31. The van der Waals surface area contributed by atoms with Gasteiger partial charge in [0.25, 0.3) is 0 Å². The molecule has 0 bridgehead atoms. The fourth-order valence-electron chi connectivity index (χ4n) is 2.31. The van der Waals surface area contributed by atoms with Crippen molar-refractivity contribution in [3.05, 3.63) is 34.9 Å². The second-order valence-corrected chi connectivity index (χ2v) is 6.26. The maximum absolute atomic E-state index is 6.01. The number of halogens is 1. The number of hydrogen-bond donors (Lipinski definition) is 1. The predicted octanol–water partition coefficient (Wildman–Crippen LogP) is 2.94. The predicted molar refractivity (Wildman–Crippen MR) is 78.0 cm³/mol. The summed E-state index contributed by atoms with van der Waals surface area (Å²) in [6.45, 7) is 4.10. The first-order valence-corrected chi connectivity index (χ1v) is 7.07. The molecule has 0 radical (unpaired) electrons. The van der Waals surface area contributed by atoms with Crippen LogP contribution < -0.4 is 5.73 Å². The van der Waals surface area contributed by atoms with Crippen LogP contribution in [0.4, 0.5) is 0 Å². The molecule has 0 amide bonds. The quantitative estimate of drug-likeness (QED) is 0.858. The van der Waals surface area contributed by atoms with Crippen LogP contribution in [0.15, 0.2) is 24.3 Å². The lowest BCUT2D eigenvalue weighted by molar-refractivity contribution is 0.138. The average molecular weight is 267 g/mol. The first-order chi connectivity index (χ1) is 8.53. The molecule has 0 spiro atoms. The molecule has 100 valence electrons. The third-order valence-corrected chi connectivity index (χ3v) is 4.34. The summed E-state index contributed by atoms with van der Waals surface area (Å²) in [6.07, 6.45) is 3.74. The number of benzene rings is 1. The van der Waals surface area contributed by atoms with Gasteiger partial charge in [0.15, 0.2) is 0 Å². The van der Waals surface area contributed by atoms with Crippen molar-refractivity contribution in [3.8, 4) is 0 Å². The summed E-state index contributed by atoms with van der Waals surface area (Å²) in [5.74, 6) is 0.895. The average Bonchev–Trinajstić information content (AvgIpc) is 3.16. The lowest BCUT2D eigenvalue weighted by atomic mass is 9.91. The van der Waals surface area contributed by atoms with Crippen molar-refractivity contribution in [1.29, 1.82) is 0 Å². The summed E-state index contributed by atoms with van der Waals surface area (Å²) >= 11 is 5.92. The van der Waals surface area contributed by atoms with E-state index in [1.165, 1.54) is 24.9 Å². The summed E-state index contributed by atoms with van der Waals surface area (Å²) in [4.78, 5) is 2.43. The highest BCUT2D eigenvalue weighted by Crippen LogP contribution is 2.32. The van der Waals surface area contributed by atoms with Crippen molar-refractivity contribution in [2.45, 2.75) is 31.7 Å². The van der Waals surface area contributed by atoms with E-state index in [9.17, 15) is 0 Å². The van der Waals surface area contributed by atoms with Crippen molar-refractivity contribution in [3.63, 3.8) is 0 Å². The smallest absolute Gasteiger partial charge is 0.0406 e. The van der Waals surface area contributed by atoms with Crippen LogP contribution in [-0.2, 0) is 6.42 Å². The van der Waals surface area contributed by atoms with Gasteiger partial charge in [-0.25, -0.2) is 0 Å². The second-order valence-electron chi connectivity index (χ2n) is 5.83. The first-order valence-electron chi connectivity index (χ1n) is 6.69. The van der Waals surface area contributed by atoms with Crippen LogP contribution in [0.1, 0.15) is 25.3 Å². The molecule has 2 N–H and O–H groups in total. The molecule has 2 nitrogen and oxygen atoms in total. The highest BCUT2D eigenvalue weighted by atomic mass is 35.5. The van der Waals surface area contributed by atoms with Gasteiger partial charge in [-0.1, -0.05) is 23.7 Å². The minimum absolute atomic E-state index is 0.0381. The first kappa shape index (κ1) is 13.9. The lowest BCUT2D eigenvalue weighted by Crippen LogP contribution is -2.52. The Labute approximate surface area is 115 Å². The fourth-order valence-corrected chi connectivity index (χ4v) is 2.44. The Morgan fingerprint density at radius 3 is 2.44 bits per heavy atom. The van der Waals surface area contributed by atoms with Gasteiger partial charge in [0, 0.05) is 23.7 Å². The van der Waals surface area contributed by atoms with Gasteiger partial charge in [-0.05, 0) is 56.8 Å². The molecule has 1 aromatic rings. The van der Waals surface area contributed by atoms with Crippen LogP contribution in [0, 0.1) is 5.92 Å². The maximum atomic E-state index is 6.01. The van der Waals surface area contributed by atoms with E-state index in [0.29, 0.717) is 6.54 Å². The van der Waals surface area contributed by atoms with E-state index < -0.39 is 0 Å². The number of hydrogen-bond acceptors (Lipinski definition) is 2. The van der Waals surface area contributed by atoms with Crippen LogP contribution in [0.2, 0.25) is 5.02 Å². The number of likely N-dealkylation sites (N-methyl/N-ethyl adjacent to an activating group) is 1. The standard InChI is InChI=1S/C15H23ClN2/c1-15(11-17,18(2)10-13-3-4-13)9-12-5-7-14(16)8-6-12/h5-8,13H,3-4,9-11,17H2,1-2H3. The minimum Gasteiger partial charge on any atom is -0.329 e. The minimum atomic E-state index is 0.0381. The van der Waals surface area contributed by atoms with Gasteiger partial charge in [-0.2, -0.15) is 0 Å². The van der Waals surface area contributed by atoms with Crippen LogP contribution in [0.25, 0.3) is 0 Å². The van der Waals surface area contributed by atoms with Crippen molar-refractivity contribution < 1.29 is 0 Å². The van der Waals surface area contributed by atoms with E-state index >= 15 is 0 Å². The molecule has 1 aromatic carbocycles. The molecule has 3 heteroatoms. The maximum Gasteiger partial charge on any atom is 0.0406 e. The summed E-state index contributed by atoms with van der Waals surface area (Å²) in [7, 11) is 2.20. The number of nitrogens with zero attached hydrogens (tertiary/aromatic N) is 1. The molecule has 0 aliphatic heterocycles. The van der Waals surface area contributed by atoms with Crippen molar-refractivity contribution in [2.24, 2.45) is 11.7 Å². The third kappa shape index (κ3) is 3.47. The SMILES string of the molecule is CN(CC1CC1)C(C)(CN)Cc1ccc(Cl)cc1. The van der Waals surface area contributed by atoms with E-state index in [0.717, 1.165) is 17.4 Å². The monoisotopic (exact) mass is 266 g/mol. The van der Waals surface area contributed by atoms with Gasteiger partial charge in [0.05, 0.1) is 0 Å². The molecule has 1 unspecified atom stereocenters. The van der Waals surface area contributed by atoms with Crippen molar-refractivity contribution >= 4 is 11.6 Å². The molecule has 0 aromatic heterocycles. The van der Waals surface area contributed by atoms with Gasteiger partial charge in [0.1, 0.15) is 0 Å². The molecule has 1 aliphatic carbocycles. The van der Waals surface area contributed by atoms with Gasteiger partial charge in [0.2, 0.25) is 0 Å². The molecule has 0 saturated heterocycles. The fraction of sp³-hybridized carbons (Fsp3) is 0.600. The van der Waals surface area contributed by atoms with Gasteiger partial charge in [-0.15, -0.1) is 0 Å². The molecule has 1 saturated carbocycles. The third-order valence-electron chi connectivity index (χ3n) is 4.09. The van der Waals surface area contributed by atoms with E-state index in [1.807, 2.05) is 12.1 Å². The second kappa shape index (κ2) is 5.60. The van der Waals surface area contributed by atoms with Crippen molar-refractivity contribution in [1.82, 2.24) is 4.90 Å². The van der Waals surface area contributed by atoms with Gasteiger partial charge in [-0.3, -0.25) is 4.90 Å². The summed E-state index contributed by atoms with van der Waals surface area (Å²) in [5, 5.41) is 0.791. The van der Waals surface area contributed by atoms with Gasteiger partial charge >= 0.3 is 0 Å². The number of rotatable bonds is 6. The zero-order valence-corrected chi connectivity index (χ0v) is 12.1. The van der Waals surface area contributed by atoms with Crippen LogP contribution in [0.3, 0.4) is 0 Å². The van der Waals surface area contributed by atoms with Crippen LogP contribution in [0.5, 0.6) is 0 Å². The van der Waals surface area contributed by atoms with Crippen molar-refractivity contribution in [2.75, 3.05) is 20.1 Å². The largest absolute Gasteiger partial charge is 0.329 e. The zero-order chi connectivity index (χ0) is 13.2. The molecule has 1 fully saturated rings. The Bertz CT molecular complexity index is 386. The highest BCUT2D eigenvalue weighted by Gasteiger charge is 2.32. The lowest BCUT2D eigenvalue weighted by Gasteiger charge is -2.38. The molecular weight excluding hydrogens is 244 g/mol. The molecular formula is C15H23ClN2. The van der Waals surface area contributed by atoms with E-state index in [1.54, 1.807) is 0 Å². The van der Waals surface area contributed by atoms with Gasteiger partial charge < -0.3 is 5.73 Å². The van der Waals surface area contributed by atoms with E-state index in [2.05, 4.69) is 31.0 Å². The zero-order valence-electron chi connectivity index (χ0n) is 11.3.